The number of aryl methyl sites for hydroxylation is 1. The Hall–Kier alpha value is -2.89. The summed E-state index contributed by atoms with van der Waals surface area (Å²) in [6.45, 7) is 4.81. The minimum Gasteiger partial charge on any atom is -0.361 e. The molecule has 0 fully saturated rings. The summed E-state index contributed by atoms with van der Waals surface area (Å²) in [6.07, 6.45) is 2.11. The number of nitrogens with two attached hydrogens (primary N) is 1. The molecule has 4 nitrogen and oxygen atoms in total. The second-order valence-electron chi connectivity index (χ2n) is 7.47. The van der Waals surface area contributed by atoms with E-state index in [-0.39, 0.29) is 17.9 Å². The van der Waals surface area contributed by atoms with Crippen LogP contribution in [-0.4, -0.2) is 23.5 Å². The standard InChI is InChI=1S/C24H25N3OS/c1-16-9-11-18(12-10-16)27-24(28)17(2)25-15-21(23-8-5-13-29-23)20-14-26-22-7-4-3-6-19(20)22/h3-14,17,21,25-26H,15H2,1-2H3,(H,27,28)/p+1/t17-,21+/m1/s1. The number of thiophene rings is 1. The summed E-state index contributed by atoms with van der Waals surface area (Å²) < 4.78 is 0. The lowest BCUT2D eigenvalue weighted by Gasteiger charge is -2.17. The number of para-hydroxylation sites is 1. The Morgan fingerprint density at radius 1 is 1.10 bits per heavy atom. The molecule has 2 heterocycles. The fourth-order valence-electron chi connectivity index (χ4n) is 3.61. The Balaban J connectivity index is 1.48. The predicted octanol–water partition coefficient (Wildman–Crippen LogP) is 4.26. The Morgan fingerprint density at radius 3 is 2.66 bits per heavy atom. The molecule has 2 aromatic carbocycles. The molecule has 1 amide bonds. The number of anilines is 1. The molecule has 29 heavy (non-hydrogen) atoms. The van der Waals surface area contributed by atoms with E-state index in [4.69, 9.17) is 0 Å². The highest BCUT2D eigenvalue weighted by molar-refractivity contribution is 7.10. The van der Waals surface area contributed by atoms with Gasteiger partial charge in [0.05, 0.1) is 12.5 Å². The molecule has 2 atom stereocenters. The van der Waals surface area contributed by atoms with Gasteiger partial charge in [0.25, 0.3) is 5.91 Å². The average molecular weight is 405 g/mol. The van der Waals surface area contributed by atoms with E-state index < -0.39 is 0 Å². The van der Waals surface area contributed by atoms with Crippen molar-refractivity contribution in [2.45, 2.75) is 25.8 Å². The largest absolute Gasteiger partial charge is 0.361 e. The van der Waals surface area contributed by atoms with Crippen molar-refractivity contribution < 1.29 is 10.1 Å². The number of rotatable bonds is 7. The van der Waals surface area contributed by atoms with E-state index in [0.29, 0.717) is 0 Å². The molecule has 2 aromatic heterocycles. The van der Waals surface area contributed by atoms with Crippen LogP contribution < -0.4 is 10.6 Å². The van der Waals surface area contributed by atoms with Gasteiger partial charge < -0.3 is 15.6 Å². The third kappa shape index (κ3) is 4.42. The van der Waals surface area contributed by atoms with Crippen LogP contribution >= 0.6 is 11.3 Å². The van der Waals surface area contributed by atoms with Crippen LogP contribution in [0.1, 0.15) is 28.8 Å². The monoisotopic (exact) mass is 404 g/mol. The molecule has 0 saturated carbocycles. The van der Waals surface area contributed by atoms with Gasteiger partial charge in [-0.05, 0) is 49.1 Å². The second-order valence-corrected chi connectivity index (χ2v) is 8.45. The first-order valence-electron chi connectivity index (χ1n) is 9.92. The Labute approximate surface area is 175 Å². The fraction of sp³-hybridized carbons (Fsp3) is 0.208. The number of hydrogen-bond donors (Lipinski definition) is 3. The number of amides is 1. The lowest BCUT2D eigenvalue weighted by atomic mass is 9.96. The first-order valence-corrected chi connectivity index (χ1v) is 10.8. The molecule has 0 unspecified atom stereocenters. The van der Waals surface area contributed by atoms with Crippen LogP contribution in [0.15, 0.2) is 72.2 Å². The number of H-pyrrole nitrogens is 1. The molecule has 0 bridgehead atoms. The summed E-state index contributed by atoms with van der Waals surface area (Å²) in [5.41, 5.74) is 4.45. The highest BCUT2D eigenvalue weighted by Crippen LogP contribution is 2.32. The van der Waals surface area contributed by atoms with Crippen LogP contribution in [0.25, 0.3) is 10.9 Å². The molecule has 4 N–H and O–H groups in total. The zero-order chi connectivity index (χ0) is 20.2. The molecule has 0 spiro atoms. The lowest BCUT2D eigenvalue weighted by Crippen LogP contribution is -2.92. The number of nitrogens with one attached hydrogen (secondary N) is 2. The molecule has 5 heteroatoms. The fourth-order valence-corrected chi connectivity index (χ4v) is 4.47. The zero-order valence-corrected chi connectivity index (χ0v) is 17.5. The van der Waals surface area contributed by atoms with E-state index >= 15 is 0 Å². The van der Waals surface area contributed by atoms with Crippen LogP contribution in [0, 0.1) is 6.92 Å². The normalized spacial score (nSPS) is 13.3. The average Bonchev–Trinajstić information content (AvgIpc) is 3.40. The second kappa shape index (κ2) is 8.64. The van der Waals surface area contributed by atoms with E-state index in [0.717, 1.165) is 17.7 Å². The quantitative estimate of drug-likeness (QED) is 0.423. The van der Waals surface area contributed by atoms with Crippen molar-refractivity contribution in [2.24, 2.45) is 0 Å². The molecule has 0 saturated heterocycles. The van der Waals surface area contributed by atoms with E-state index in [1.165, 1.54) is 21.4 Å². The lowest BCUT2D eigenvalue weighted by molar-refractivity contribution is -0.674. The minimum atomic E-state index is -0.177. The van der Waals surface area contributed by atoms with Crippen molar-refractivity contribution in [1.29, 1.82) is 0 Å². The Morgan fingerprint density at radius 2 is 1.90 bits per heavy atom. The molecular weight excluding hydrogens is 378 g/mol. The van der Waals surface area contributed by atoms with Crippen molar-refractivity contribution in [2.75, 3.05) is 11.9 Å². The maximum absolute atomic E-state index is 12.6. The molecule has 148 valence electrons. The van der Waals surface area contributed by atoms with Crippen LogP contribution in [0.2, 0.25) is 0 Å². The topological polar surface area (TPSA) is 61.5 Å². The number of carbonyl (C=O) groups is 1. The smallest absolute Gasteiger partial charge is 0.282 e. The molecule has 4 rings (SSSR count). The first-order chi connectivity index (χ1) is 14.1. The molecule has 0 aliphatic rings. The van der Waals surface area contributed by atoms with Gasteiger partial charge in [-0.15, -0.1) is 11.3 Å². The third-order valence-corrected chi connectivity index (χ3v) is 6.33. The van der Waals surface area contributed by atoms with Gasteiger partial charge >= 0.3 is 0 Å². The number of quaternary nitrogens is 1. The number of aromatic nitrogens is 1. The van der Waals surface area contributed by atoms with Crippen molar-refractivity contribution in [3.63, 3.8) is 0 Å². The minimum absolute atomic E-state index is 0.0257. The molecular formula is C24H26N3OS+. The molecule has 0 aliphatic heterocycles. The maximum atomic E-state index is 12.6. The van der Waals surface area contributed by atoms with Crippen LogP contribution in [0.4, 0.5) is 5.69 Å². The van der Waals surface area contributed by atoms with Crippen molar-refractivity contribution >= 4 is 33.8 Å². The number of benzene rings is 2. The predicted molar refractivity (Wildman–Crippen MR) is 121 cm³/mol. The summed E-state index contributed by atoms with van der Waals surface area (Å²) in [4.78, 5) is 17.4. The Kier molecular flexibility index (Phi) is 5.79. The maximum Gasteiger partial charge on any atom is 0.282 e. The van der Waals surface area contributed by atoms with Gasteiger partial charge in [0, 0.05) is 27.7 Å². The molecule has 4 aromatic rings. The summed E-state index contributed by atoms with van der Waals surface area (Å²) in [7, 11) is 0. The van der Waals surface area contributed by atoms with Gasteiger partial charge in [-0.25, -0.2) is 0 Å². The molecule has 0 radical (unpaired) electrons. The first kappa shape index (κ1) is 19.4. The van der Waals surface area contributed by atoms with Gasteiger partial charge in [-0.1, -0.05) is 42.0 Å². The van der Waals surface area contributed by atoms with E-state index in [1.54, 1.807) is 11.3 Å². The van der Waals surface area contributed by atoms with Crippen molar-refractivity contribution in [3.05, 3.63) is 88.2 Å². The highest BCUT2D eigenvalue weighted by atomic mass is 32.1. The van der Waals surface area contributed by atoms with Gasteiger partial charge in [-0.2, -0.15) is 0 Å². The SMILES string of the molecule is Cc1ccc(NC(=O)[C@@H](C)[NH2+]C[C@H](c2cccs2)c2c[nH]c3ccccc23)cc1. The Bertz CT molecular complexity index is 1080. The van der Waals surface area contributed by atoms with Gasteiger partial charge in [0.15, 0.2) is 6.04 Å². The summed E-state index contributed by atoms with van der Waals surface area (Å²) in [6, 6.07) is 20.4. The highest BCUT2D eigenvalue weighted by Gasteiger charge is 2.24. The van der Waals surface area contributed by atoms with Crippen LogP contribution in [0.5, 0.6) is 0 Å². The number of hydrogen-bond acceptors (Lipinski definition) is 2. The van der Waals surface area contributed by atoms with Crippen molar-refractivity contribution in [1.82, 2.24) is 4.98 Å². The van der Waals surface area contributed by atoms with Crippen LogP contribution in [0.3, 0.4) is 0 Å². The third-order valence-electron chi connectivity index (χ3n) is 5.34. The van der Waals surface area contributed by atoms with Crippen molar-refractivity contribution in [3.8, 4) is 0 Å². The zero-order valence-electron chi connectivity index (χ0n) is 16.7. The van der Waals surface area contributed by atoms with Gasteiger partial charge in [-0.3, -0.25) is 4.79 Å². The number of aromatic amines is 1. The van der Waals surface area contributed by atoms with Gasteiger partial charge in [0.1, 0.15) is 0 Å². The van der Waals surface area contributed by atoms with E-state index in [2.05, 4.69) is 57.5 Å². The molecule has 0 aliphatic carbocycles. The van der Waals surface area contributed by atoms with Crippen LogP contribution in [-0.2, 0) is 4.79 Å². The van der Waals surface area contributed by atoms with Gasteiger partial charge in [0.2, 0.25) is 0 Å². The number of fused-ring (bicyclic) bond motifs is 1. The summed E-state index contributed by atoms with van der Waals surface area (Å²) in [5.74, 6) is 0.262. The summed E-state index contributed by atoms with van der Waals surface area (Å²) >= 11 is 1.77. The summed E-state index contributed by atoms with van der Waals surface area (Å²) in [5, 5.41) is 8.51. The number of carbonyl (C=O) groups excluding carboxylic acids is 1. The van der Waals surface area contributed by atoms with E-state index in [1.807, 2.05) is 44.2 Å². The van der Waals surface area contributed by atoms with E-state index in [9.17, 15) is 4.79 Å².